The summed E-state index contributed by atoms with van der Waals surface area (Å²) in [7, 11) is 1.67. The summed E-state index contributed by atoms with van der Waals surface area (Å²) in [6.45, 7) is 6.09. The Labute approximate surface area is 139 Å². The average Bonchev–Trinajstić information content (AvgIpc) is 2.52. The van der Waals surface area contributed by atoms with Crippen LogP contribution in [0.5, 0.6) is 0 Å². The van der Waals surface area contributed by atoms with Crippen molar-refractivity contribution in [3.05, 3.63) is 46.0 Å². The summed E-state index contributed by atoms with van der Waals surface area (Å²) < 4.78 is 18.9. The first kappa shape index (κ1) is 16.6. The van der Waals surface area contributed by atoms with E-state index < -0.39 is 11.4 Å². The molecule has 1 amide bonds. The van der Waals surface area contributed by atoms with Crippen LogP contribution in [0.15, 0.2) is 29.1 Å². The molecule has 5 nitrogen and oxygen atoms in total. The van der Waals surface area contributed by atoms with E-state index in [2.05, 4.69) is 10.3 Å². The van der Waals surface area contributed by atoms with Crippen LogP contribution in [0.3, 0.4) is 0 Å². The number of fused-ring (bicyclic) bond motifs is 1. The first-order chi connectivity index (χ1) is 11.2. The fraction of sp³-hybridized carbons (Fsp3) is 0.444. The fourth-order valence-electron chi connectivity index (χ4n) is 3.38. The van der Waals surface area contributed by atoms with Gasteiger partial charge in [-0.15, -0.1) is 0 Å². The molecule has 0 radical (unpaired) electrons. The number of aromatic amines is 1. The maximum absolute atomic E-state index is 13.4. The van der Waals surface area contributed by atoms with Crippen molar-refractivity contribution in [2.45, 2.75) is 38.8 Å². The Morgan fingerprint density at radius 1 is 1.33 bits per heavy atom. The van der Waals surface area contributed by atoms with Crippen molar-refractivity contribution >= 4 is 16.8 Å². The van der Waals surface area contributed by atoms with Gasteiger partial charge in [0.15, 0.2) is 0 Å². The van der Waals surface area contributed by atoms with Gasteiger partial charge >= 0.3 is 0 Å². The molecular formula is C18H21FN2O3. The van der Waals surface area contributed by atoms with Gasteiger partial charge in [0.25, 0.3) is 5.91 Å². The van der Waals surface area contributed by atoms with Crippen LogP contribution >= 0.6 is 0 Å². The van der Waals surface area contributed by atoms with Gasteiger partial charge in [0.1, 0.15) is 5.82 Å². The number of amides is 1. The molecule has 0 aliphatic heterocycles. The van der Waals surface area contributed by atoms with E-state index in [9.17, 15) is 14.0 Å². The minimum absolute atomic E-state index is 0.0651. The Bertz CT molecular complexity index is 874. The number of H-pyrrole nitrogens is 1. The second kappa shape index (κ2) is 5.41. The normalized spacial score (nSPS) is 25.3. The molecule has 128 valence electrons. The van der Waals surface area contributed by atoms with Gasteiger partial charge in [0, 0.05) is 30.0 Å². The molecule has 0 spiro atoms. The van der Waals surface area contributed by atoms with Gasteiger partial charge in [-0.25, -0.2) is 4.39 Å². The van der Waals surface area contributed by atoms with Gasteiger partial charge in [0.05, 0.1) is 16.7 Å². The summed E-state index contributed by atoms with van der Waals surface area (Å²) >= 11 is 0. The summed E-state index contributed by atoms with van der Waals surface area (Å²) in [6, 6.07) is 5.16. The molecule has 2 aromatic rings. The number of nitrogens with one attached hydrogen (secondary N) is 2. The first-order valence-corrected chi connectivity index (χ1v) is 7.86. The number of hydrogen-bond acceptors (Lipinski definition) is 3. The summed E-state index contributed by atoms with van der Waals surface area (Å²) in [5, 5.41) is 3.49. The topological polar surface area (TPSA) is 71.2 Å². The molecule has 2 N–H and O–H groups in total. The highest BCUT2D eigenvalue weighted by atomic mass is 19.1. The highest BCUT2D eigenvalue weighted by Crippen LogP contribution is 2.51. The molecule has 1 fully saturated rings. The third-order valence-corrected chi connectivity index (χ3v) is 5.63. The standard InChI is InChI=1S/C18H21FN2O3/c1-17(2)14(9-18(17,3)24-4)21-16(23)12-8-15(22)20-13-7-10(19)5-6-11(12)13/h5-8,14H,9H2,1-4H3,(H,20,22)(H,21,23)/t14-,18+/m0/s1. The van der Waals surface area contributed by atoms with E-state index in [1.54, 1.807) is 7.11 Å². The molecule has 1 aliphatic carbocycles. The summed E-state index contributed by atoms with van der Waals surface area (Å²) in [5.74, 6) is -0.805. The second-order valence-corrected chi connectivity index (χ2v) is 7.12. The number of methoxy groups -OCH3 is 1. The molecule has 6 heteroatoms. The minimum Gasteiger partial charge on any atom is -0.378 e. The van der Waals surface area contributed by atoms with Crippen LogP contribution in [-0.2, 0) is 4.74 Å². The lowest BCUT2D eigenvalue weighted by atomic mass is 9.56. The Kier molecular flexibility index (Phi) is 3.75. The summed E-state index contributed by atoms with van der Waals surface area (Å²) in [6.07, 6.45) is 0.692. The molecule has 1 aromatic carbocycles. The number of ether oxygens (including phenoxy) is 1. The lowest BCUT2D eigenvalue weighted by Gasteiger charge is -2.59. The number of hydrogen-bond donors (Lipinski definition) is 2. The summed E-state index contributed by atoms with van der Waals surface area (Å²) in [4.78, 5) is 27.0. The van der Waals surface area contributed by atoms with E-state index in [4.69, 9.17) is 4.74 Å². The lowest BCUT2D eigenvalue weighted by Crippen LogP contribution is -2.68. The molecule has 0 saturated heterocycles. The van der Waals surface area contributed by atoms with Crippen molar-refractivity contribution in [2.24, 2.45) is 5.41 Å². The van der Waals surface area contributed by atoms with Crippen LogP contribution in [0.2, 0.25) is 0 Å². The van der Waals surface area contributed by atoms with E-state index in [0.29, 0.717) is 17.3 Å². The molecule has 1 heterocycles. The zero-order valence-corrected chi connectivity index (χ0v) is 14.2. The van der Waals surface area contributed by atoms with Crippen molar-refractivity contribution < 1.29 is 13.9 Å². The van der Waals surface area contributed by atoms with Gasteiger partial charge in [-0.2, -0.15) is 0 Å². The van der Waals surface area contributed by atoms with Gasteiger partial charge < -0.3 is 15.0 Å². The Balaban J connectivity index is 1.92. The Hall–Kier alpha value is -2.21. The van der Waals surface area contributed by atoms with Crippen LogP contribution in [0.1, 0.15) is 37.6 Å². The highest BCUT2D eigenvalue weighted by Gasteiger charge is 2.58. The number of carbonyl (C=O) groups excluding carboxylic acids is 1. The molecular weight excluding hydrogens is 311 g/mol. The van der Waals surface area contributed by atoms with Crippen molar-refractivity contribution in [2.75, 3.05) is 7.11 Å². The molecule has 0 unspecified atom stereocenters. The van der Waals surface area contributed by atoms with E-state index in [1.165, 1.54) is 24.3 Å². The smallest absolute Gasteiger partial charge is 0.252 e. The average molecular weight is 332 g/mol. The Morgan fingerprint density at radius 3 is 2.67 bits per heavy atom. The van der Waals surface area contributed by atoms with E-state index >= 15 is 0 Å². The third-order valence-electron chi connectivity index (χ3n) is 5.63. The SMILES string of the molecule is CO[C@]1(C)C[C@H](NC(=O)c2cc(=O)[nH]c3cc(F)ccc23)C1(C)C. The molecule has 1 aromatic heterocycles. The zero-order chi connectivity index (χ0) is 17.7. The highest BCUT2D eigenvalue weighted by molar-refractivity contribution is 6.06. The van der Waals surface area contributed by atoms with E-state index in [0.717, 1.165) is 0 Å². The number of benzene rings is 1. The third kappa shape index (κ3) is 2.41. The first-order valence-electron chi connectivity index (χ1n) is 7.86. The van der Waals surface area contributed by atoms with Crippen molar-refractivity contribution in [3.63, 3.8) is 0 Å². The van der Waals surface area contributed by atoms with Crippen LogP contribution in [0, 0.1) is 11.2 Å². The van der Waals surface area contributed by atoms with Gasteiger partial charge in [-0.1, -0.05) is 13.8 Å². The number of halogens is 1. The van der Waals surface area contributed by atoms with Gasteiger partial charge in [-0.05, 0) is 31.5 Å². The predicted molar refractivity (Wildman–Crippen MR) is 89.6 cm³/mol. The second-order valence-electron chi connectivity index (χ2n) is 7.12. The maximum Gasteiger partial charge on any atom is 0.252 e. The fourth-order valence-corrected chi connectivity index (χ4v) is 3.38. The zero-order valence-electron chi connectivity index (χ0n) is 14.2. The van der Waals surface area contributed by atoms with E-state index in [-0.39, 0.29) is 28.5 Å². The van der Waals surface area contributed by atoms with E-state index in [1.807, 2.05) is 20.8 Å². The van der Waals surface area contributed by atoms with Crippen molar-refractivity contribution in [1.29, 1.82) is 0 Å². The number of carbonyl (C=O) groups is 1. The van der Waals surface area contributed by atoms with Crippen LogP contribution in [0.25, 0.3) is 10.9 Å². The van der Waals surface area contributed by atoms with Crippen LogP contribution in [-0.4, -0.2) is 29.6 Å². The number of rotatable bonds is 3. The number of aromatic nitrogens is 1. The van der Waals surface area contributed by atoms with Crippen LogP contribution < -0.4 is 10.9 Å². The molecule has 2 atom stereocenters. The quantitative estimate of drug-likeness (QED) is 0.907. The Morgan fingerprint density at radius 2 is 2.04 bits per heavy atom. The van der Waals surface area contributed by atoms with Gasteiger partial charge in [-0.3, -0.25) is 9.59 Å². The molecule has 1 aliphatic rings. The lowest BCUT2D eigenvalue weighted by molar-refractivity contribution is -0.177. The largest absolute Gasteiger partial charge is 0.378 e. The molecule has 3 rings (SSSR count). The molecule has 24 heavy (non-hydrogen) atoms. The number of pyridine rings is 1. The molecule has 0 bridgehead atoms. The van der Waals surface area contributed by atoms with Crippen molar-refractivity contribution in [3.8, 4) is 0 Å². The predicted octanol–water partition coefficient (Wildman–Crippen LogP) is 2.60. The summed E-state index contributed by atoms with van der Waals surface area (Å²) in [5.41, 5.74) is -0.421. The minimum atomic E-state index is -0.466. The van der Waals surface area contributed by atoms with Gasteiger partial charge in [0.2, 0.25) is 5.56 Å². The molecule has 1 saturated carbocycles. The van der Waals surface area contributed by atoms with Crippen molar-refractivity contribution in [1.82, 2.24) is 10.3 Å². The maximum atomic E-state index is 13.4. The monoisotopic (exact) mass is 332 g/mol. The van der Waals surface area contributed by atoms with Crippen LogP contribution in [0.4, 0.5) is 4.39 Å².